The van der Waals surface area contributed by atoms with Gasteiger partial charge in [0, 0.05) is 12.3 Å². The summed E-state index contributed by atoms with van der Waals surface area (Å²) in [6, 6.07) is 10.7. The van der Waals surface area contributed by atoms with Gasteiger partial charge < -0.3 is 4.74 Å². The first-order valence-electron chi connectivity index (χ1n) is 9.77. The van der Waals surface area contributed by atoms with Crippen molar-refractivity contribution in [3.8, 4) is 0 Å². The lowest BCUT2D eigenvalue weighted by molar-refractivity contribution is 0.113. The first-order valence-corrected chi connectivity index (χ1v) is 9.77. The number of ether oxygens (including phenoxy) is 1. The van der Waals surface area contributed by atoms with E-state index in [1.807, 2.05) is 6.21 Å². The van der Waals surface area contributed by atoms with Crippen molar-refractivity contribution < 1.29 is 4.74 Å². The third kappa shape index (κ3) is 3.75. The summed E-state index contributed by atoms with van der Waals surface area (Å²) in [5.41, 5.74) is 3.81. The van der Waals surface area contributed by atoms with Gasteiger partial charge in [-0.2, -0.15) is 0 Å². The van der Waals surface area contributed by atoms with Crippen LogP contribution in [0.1, 0.15) is 32.3 Å². The molecule has 138 valence electrons. The van der Waals surface area contributed by atoms with E-state index in [0.717, 1.165) is 30.7 Å². The van der Waals surface area contributed by atoms with Crippen LogP contribution in [-0.4, -0.2) is 12.8 Å². The molecule has 1 atom stereocenters. The first-order chi connectivity index (χ1) is 13.1. The van der Waals surface area contributed by atoms with Crippen molar-refractivity contribution >= 4 is 6.21 Å². The van der Waals surface area contributed by atoms with E-state index >= 15 is 0 Å². The average Bonchev–Trinajstić information content (AvgIpc) is 2.70. The van der Waals surface area contributed by atoms with Crippen molar-refractivity contribution in [3.63, 3.8) is 0 Å². The molecule has 2 heteroatoms. The van der Waals surface area contributed by atoms with Gasteiger partial charge in [-0.3, -0.25) is 4.99 Å². The van der Waals surface area contributed by atoms with E-state index in [2.05, 4.69) is 91.7 Å². The minimum absolute atomic E-state index is 0.0980. The quantitative estimate of drug-likeness (QED) is 0.616. The molecule has 0 aromatic heterocycles. The summed E-state index contributed by atoms with van der Waals surface area (Å²) in [7, 11) is 0. The van der Waals surface area contributed by atoms with Gasteiger partial charge in [-0.05, 0) is 48.0 Å². The van der Waals surface area contributed by atoms with Crippen molar-refractivity contribution in [2.24, 2.45) is 15.8 Å². The van der Waals surface area contributed by atoms with E-state index in [1.165, 1.54) is 11.1 Å². The zero-order chi connectivity index (χ0) is 18.7. The standard InChI is InChI=1S/C25H27NO/c1-24(2,15-11-20-8-4-3-5-9-20)19-27-22-12-16-25-14-7-6-10-21(25)13-17-26-23(25)18-22/h3-10,12-14,17-18H,11,15-16,19H2,1-2H3. The van der Waals surface area contributed by atoms with E-state index in [0.29, 0.717) is 6.61 Å². The minimum Gasteiger partial charge on any atom is -0.493 e. The van der Waals surface area contributed by atoms with Gasteiger partial charge in [0.25, 0.3) is 0 Å². The highest BCUT2D eigenvalue weighted by Gasteiger charge is 2.38. The molecule has 1 aromatic rings. The van der Waals surface area contributed by atoms with Gasteiger partial charge in [0.2, 0.25) is 0 Å². The van der Waals surface area contributed by atoms with Crippen molar-refractivity contribution in [2.75, 3.05) is 6.61 Å². The Kier molecular flexibility index (Phi) is 4.73. The van der Waals surface area contributed by atoms with Crippen LogP contribution < -0.4 is 0 Å². The van der Waals surface area contributed by atoms with Gasteiger partial charge in [-0.25, -0.2) is 0 Å². The van der Waals surface area contributed by atoms with Crippen molar-refractivity contribution in [1.82, 2.24) is 0 Å². The fourth-order valence-electron chi connectivity index (χ4n) is 3.87. The number of aliphatic imine (C=N–C) groups is 1. The van der Waals surface area contributed by atoms with E-state index in [4.69, 9.17) is 4.74 Å². The Balaban J connectivity index is 1.38. The monoisotopic (exact) mass is 357 g/mol. The fourth-order valence-corrected chi connectivity index (χ4v) is 3.87. The second-order valence-electron chi connectivity index (χ2n) is 8.37. The molecule has 2 aliphatic carbocycles. The third-order valence-corrected chi connectivity index (χ3v) is 5.67. The Labute approximate surface area is 162 Å². The van der Waals surface area contributed by atoms with Crippen LogP contribution in [0.5, 0.6) is 0 Å². The molecule has 1 unspecified atom stereocenters. The fraction of sp³-hybridized carbons (Fsp3) is 0.320. The second kappa shape index (κ2) is 7.19. The Morgan fingerprint density at radius 3 is 2.85 bits per heavy atom. The zero-order valence-electron chi connectivity index (χ0n) is 16.2. The number of allylic oxidation sites excluding steroid dienone is 7. The first kappa shape index (κ1) is 17.8. The molecule has 0 saturated carbocycles. The predicted octanol–water partition coefficient (Wildman–Crippen LogP) is 5.96. The maximum absolute atomic E-state index is 6.21. The van der Waals surface area contributed by atoms with Crippen LogP contribution in [-0.2, 0) is 11.2 Å². The molecule has 4 rings (SSSR count). The zero-order valence-corrected chi connectivity index (χ0v) is 16.2. The number of dihydropyridines is 1. The van der Waals surface area contributed by atoms with Gasteiger partial charge in [0.05, 0.1) is 17.7 Å². The summed E-state index contributed by atoms with van der Waals surface area (Å²) in [6.07, 6.45) is 20.1. The van der Waals surface area contributed by atoms with E-state index in [1.54, 1.807) is 0 Å². The van der Waals surface area contributed by atoms with Crippen molar-refractivity contribution in [1.29, 1.82) is 0 Å². The Hall–Kier alpha value is -2.61. The van der Waals surface area contributed by atoms with Gasteiger partial charge in [-0.15, -0.1) is 0 Å². The summed E-state index contributed by atoms with van der Waals surface area (Å²) in [6.45, 7) is 5.27. The van der Waals surface area contributed by atoms with Crippen LogP contribution in [0.4, 0.5) is 0 Å². The molecule has 0 saturated heterocycles. The third-order valence-electron chi connectivity index (χ3n) is 5.67. The molecule has 1 heterocycles. The minimum atomic E-state index is -0.0980. The molecule has 0 N–H and O–H groups in total. The molecule has 0 fully saturated rings. The van der Waals surface area contributed by atoms with E-state index < -0.39 is 0 Å². The molecular formula is C25H27NO. The SMILES string of the molecule is CC(C)(CCc1ccccc1)COC1=CCC23C=CC=CC2=CC=NC3=C1. The van der Waals surface area contributed by atoms with Gasteiger partial charge >= 0.3 is 0 Å². The molecule has 0 bridgehead atoms. The topological polar surface area (TPSA) is 21.6 Å². The molecule has 3 aliphatic rings. The summed E-state index contributed by atoms with van der Waals surface area (Å²) in [5.74, 6) is 0.949. The normalized spacial score (nSPS) is 23.1. The number of benzene rings is 1. The Morgan fingerprint density at radius 2 is 2.00 bits per heavy atom. The van der Waals surface area contributed by atoms with Crippen LogP contribution in [0.25, 0.3) is 0 Å². The highest BCUT2D eigenvalue weighted by atomic mass is 16.5. The van der Waals surface area contributed by atoms with E-state index in [9.17, 15) is 0 Å². The number of hydrogen-bond acceptors (Lipinski definition) is 2. The maximum Gasteiger partial charge on any atom is 0.117 e. The van der Waals surface area contributed by atoms with E-state index in [-0.39, 0.29) is 10.8 Å². The molecular weight excluding hydrogens is 330 g/mol. The summed E-state index contributed by atoms with van der Waals surface area (Å²) in [5, 5.41) is 0. The van der Waals surface area contributed by atoms with Crippen LogP contribution in [0.3, 0.4) is 0 Å². The maximum atomic E-state index is 6.21. The number of nitrogens with zero attached hydrogens (tertiary/aromatic N) is 1. The second-order valence-corrected chi connectivity index (χ2v) is 8.37. The van der Waals surface area contributed by atoms with Crippen LogP contribution in [0.15, 0.2) is 94.9 Å². The van der Waals surface area contributed by atoms with Gasteiger partial charge in [-0.1, -0.05) is 68.5 Å². The number of aryl methyl sites for hydroxylation is 1. The van der Waals surface area contributed by atoms with Gasteiger partial charge in [0.15, 0.2) is 0 Å². The Bertz CT molecular complexity index is 880. The summed E-state index contributed by atoms with van der Waals surface area (Å²) in [4.78, 5) is 4.65. The summed E-state index contributed by atoms with van der Waals surface area (Å²) >= 11 is 0. The molecule has 1 aliphatic heterocycles. The van der Waals surface area contributed by atoms with Crippen LogP contribution >= 0.6 is 0 Å². The lowest BCUT2D eigenvalue weighted by atomic mass is 9.69. The molecule has 0 amide bonds. The molecule has 2 nitrogen and oxygen atoms in total. The smallest absolute Gasteiger partial charge is 0.117 e. The predicted molar refractivity (Wildman–Crippen MR) is 113 cm³/mol. The average molecular weight is 357 g/mol. The molecule has 1 spiro atoms. The lowest BCUT2D eigenvalue weighted by Gasteiger charge is -2.38. The van der Waals surface area contributed by atoms with Crippen LogP contribution in [0, 0.1) is 10.8 Å². The number of hydrogen-bond donors (Lipinski definition) is 0. The largest absolute Gasteiger partial charge is 0.493 e. The highest BCUT2D eigenvalue weighted by Crippen LogP contribution is 2.48. The van der Waals surface area contributed by atoms with Crippen LogP contribution in [0.2, 0.25) is 0 Å². The Morgan fingerprint density at radius 1 is 1.15 bits per heavy atom. The van der Waals surface area contributed by atoms with Crippen molar-refractivity contribution in [2.45, 2.75) is 33.1 Å². The van der Waals surface area contributed by atoms with Crippen molar-refractivity contribution in [3.05, 3.63) is 95.5 Å². The summed E-state index contributed by atoms with van der Waals surface area (Å²) < 4.78 is 6.21. The molecule has 1 aromatic carbocycles. The lowest BCUT2D eigenvalue weighted by Crippen LogP contribution is -2.28. The molecule has 0 radical (unpaired) electrons. The highest BCUT2D eigenvalue weighted by molar-refractivity contribution is 5.79. The van der Waals surface area contributed by atoms with Gasteiger partial charge in [0.1, 0.15) is 5.76 Å². The number of rotatable bonds is 6. The molecule has 27 heavy (non-hydrogen) atoms.